The van der Waals surface area contributed by atoms with Gasteiger partial charge in [-0.25, -0.2) is 0 Å². The van der Waals surface area contributed by atoms with Gasteiger partial charge in [0, 0.05) is 11.7 Å². The minimum absolute atomic E-state index is 0.0805. The third kappa shape index (κ3) is 5.23. The predicted octanol–water partition coefficient (Wildman–Crippen LogP) is 0.826. The van der Waals surface area contributed by atoms with Gasteiger partial charge in [0.05, 0.1) is 12.6 Å². The fourth-order valence-electron chi connectivity index (χ4n) is 2.16. The number of amides is 2. The lowest BCUT2D eigenvalue weighted by atomic mass is 10.2. The van der Waals surface area contributed by atoms with E-state index in [1.807, 2.05) is 0 Å². The molecule has 2 rings (SSSR count). The second-order valence-electron chi connectivity index (χ2n) is 6.15. The van der Waals surface area contributed by atoms with E-state index in [2.05, 4.69) is 10.6 Å². The number of anilines is 1. The number of halogens is 3. The molecule has 1 unspecified atom stereocenters. The molecular weight excluding hydrogens is 323 g/mol. The van der Waals surface area contributed by atoms with Crippen LogP contribution in [-0.4, -0.2) is 37.5 Å². The number of carbonyl (C=O) groups excluding carboxylic acids is 2. The molecule has 8 heteroatoms. The monoisotopic (exact) mass is 344 g/mol. The van der Waals surface area contributed by atoms with Crippen LogP contribution in [-0.2, 0) is 15.8 Å². The van der Waals surface area contributed by atoms with Gasteiger partial charge in [-0.2, -0.15) is 13.2 Å². The van der Waals surface area contributed by atoms with Gasteiger partial charge in [-0.1, -0.05) is 6.07 Å². The number of hydrogen-bond acceptors (Lipinski definition) is 2. The zero-order valence-corrected chi connectivity index (χ0v) is 13.5. The molecule has 1 saturated carbocycles. The Kier molecular flexibility index (Phi) is 5.48. The van der Waals surface area contributed by atoms with Crippen LogP contribution in [0.1, 0.15) is 25.3 Å². The van der Waals surface area contributed by atoms with Crippen LogP contribution in [0, 0.1) is 0 Å². The van der Waals surface area contributed by atoms with Crippen molar-refractivity contribution in [3.63, 3.8) is 0 Å². The Morgan fingerprint density at radius 2 is 2.00 bits per heavy atom. The molecular formula is C16H21F3N3O2+. The molecule has 2 amide bonds. The van der Waals surface area contributed by atoms with Crippen LogP contribution in [0.4, 0.5) is 18.9 Å². The van der Waals surface area contributed by atoms with E-state index in [0.717, 1.165) is 25.0 Å². The summed E-state index contributed by atoms with van der Waals surface area (Å²) in [5.74, 6) is -0.570. The van der Waals surface area contributed by atoms with Gasteiger partial charge >= 0.3 is 6.18 Å². The van der Waals surface area contributed by atoms with E-state index in [9.17, 15) is 22.8 Å². The molecule has 0 saturated heterocycles. The first-order chi connectivity index (χ1) is 11.2. The molecule has 2 atom stereocenters. The largest absolute Gasteiger partial charge is 0.416 e. The number of carbonyl (C=O) groups is 2. The standard InChI is InChI=1S/C16H20F3N3O2/c1-10(22(2)9-14(23)20-12-6-7-12)15(24)21-13-5-3-4-11(8-13)16(17,18)19/h3-5,8,10,12H,6-7,9H2,1-2H3,(H,20,23)(H,21,24)/p+1/t10-/m1/s1. The van der Waals surface area contributed by atoms with Crippen LogP contribution in [0.5, 0.6) is 0 Å². The first-order valence-corrected chi connectivity index (χ1v) is 7.76. The van der Waals surface area contributed by atoms with Crippen molar-refractivity contribution in [2.75, 3.05) is 18.9 Å². The molecule has 24 heavy (non-hydrogen) atoms. The van der Waals surface area contributed by atoms with E-state index < -0.39 is 23.7 Å². The molecule has 1 fully saturated rings. The SMILES string of the molecule is C[C@H](C(=O)Nc1cccc(C(F)(F)F)c1)[NH+](C)CC(=O)NC1CC1. The van der Waals surface area contributed by atoms with Gasteiger partial charge in [-0.3, -0.25) is 9.59 Å². The molecule has 0 radical (unpaired) electrons. The molecule has 0 bridgehead atoms. The van der Waals surface area contributed by atoms with Crippen molar-refractivity contribution >= 4 is 17.5 Å². The number of alkyl halides is 3. The first kappa shape index (κ1) is 18.3. The van der Waals surface area contributed by atoms with Gasteiger partial charge in [-0.15, -0.1) is 0 Å². The number of hydrogen-bond donors (Lipinski definition) is 3. The highest BCUT2D eigenvalue weighted by atomic mass is 19.4. The number of quaternary nitrogens is 1. The lowest BCUT2D eigenvalue weighted by Crippen LogP contribution is -3.15. The van der Waals surface area contributed by atoms with Crippen molar-refractivity contribution in [1.29, 1.82) is 0 Å². The fourth-order valence-corrected chi connectivity index (χ4v) is 2.16. The summed E-state index contributed by atoms with van der Waals surface area (Å²) in [6.45, 7) is 1.76. The van der Waals surface area contributed by atoms with Crippen LogP contribution in [0.2, 0.25) is 0 Å². The maximum atomic E-state index is 12.7. The Balaban J connectivity index is 1.91. The summed E-state index contributed by atoms with van der Waals surface area (Å²) in [5.41, 5.74) is -0.741. The zero-order chi connectivity index (χ0) is 17.9. The summed E-state index contributed by atoms with van der Waals surface area (Å²) in [6.07, 6.45) is -2.50. The van der Waals surface area contributed by atoms with Crippen molar-refractivity contribution in [3.8, 4) is 0 Å². The van der Waals surface area contributed by atoms with Crippen molar-refractivity contribution in [3.05, 3.63) is 29.8 Å². The Morgan fingerprint density at radius 3 is 2.58 bits per heavy atom. The summed E-state index contributed by atoms with van der Waals surface area (Å²) in [5, 5.41) is 5.31. The van der Waals surface area contributed by atoms with Crippen molar-refractivity contribution in [2.24, 2.45) is 0 Å². The topological polar surface area (TPSA) is 62.6 Å². The third-order valence-electron chi connectivity index (χ3n) is 3.97. The van der Waals surface area contributed by atoms with Crippen LogP contribution in [0.3, 0.4) is 0 Å². The molecule has 0 aliphatic heterocycles. The smallest absolute Gasteiger partial charge is 0.348 e. The molecule has 0 spiro atoms. The summed E-state index contributed by atoms with van der Waals surface area (Å²) < 4.78 is 38.1. The molecule has 1 aromatic rings. The lowest BCUT2D eigenvalue weighted by Gasteiger charge is -2.20. The minimum atomic E-state index is -4.46. The summed E-state index contributed by atoms with van der Waals surface area (Å²) >= 11 is 0. The van der Waals surface area contributed by atoms with Crippen LogP contribution < -0.4 is 15.5 Å². The third-order valence-corrected chi connectivity index (χ3v) is 3.97. The quantitative estimate of drug-likeness (QED) is 0.716. The zero-order valence-electron chi connectivity index (χ0n) is 13.5. The summed E-state index contributed by atoms with van der Waals surface area (Å²) in [7, 11) is 1.70. The van der Waals surface area contributed by atoms with Crippen molar-refractivity contribution in [2.45, 2.75) is 38.0 Å². The van der Waals surface area contributed by atoms with Crippen molar-refractivity contribution < 1.29 is 27.7 Å². The molecule has 132 valence electrons. The molecule has 1 aliphatic carbocycles. The second kappa shape index (κ2) is 7.21. The normalized spacial score (nSPS) is 17.0. The van der Waals surface area contributed by atoms with Crippen LogP contribution in [0.25, 0.3) is 0 Å². The Hall–Kier alpha value is -2.09. The van der Waals surface area contributed by atoms with E-state index in [1.165, 1.54) is 12.1 Å². The van der Waals surface area contributed by atoms with Crippen LogP contribution >= 0.6 is 0 Å². The number of rotatable bonds is 6. The van der Waals surface area contributed by atoms with Gasteiger partial charge in [0.2, 0.25) is 0 Å². The summed E-state index contributed by atoms with van der Waals surface area (Å²) in [6, 6.07) is 4.14. The Morgan fingerprint density at radius 1 is 1.33 bits per heavy atom. The van der Waals surface area contributed by atoms with Gasteiger partial charge in [0.25, 0.3) is 11.8 Å². The van der Waals surface area contributed by atoms with Gasteiger partial charge in [0.15, 0.2) is 12.6 Å². The van der Waals surface area contributed by atoms with E-state index in [0.29, 0.717) is 4.90 Å². The molecule has 1 aromatic carbocycles. The van der Waals surface area contributed by atoms with E-state index in [4.69, 9.17) is 0 Å². The van der Waals surface area contributed by atoms with E-state index in [-0.39, 0.29) is 24.2 Å². The van der Waals surface area contributed by atoms with Crippen LogP contribution in [0.15, 0.2) is 24.3 Å². The highest BCUT2D eigenvalue weighted by Gasteiger charge is 2.31. The summed E-state index contributed by atoms with van der Waals surface area (Å²) in [4.78, 5) is 24.6. The minimum Gasteiger partial charge on any atom is -0.348 e. The van der Waals surface area contributed by atoms with Crippen molar-refractivity contribution in [1.82, 2.24) is 5.32 Å². The predicted molar refractivity (Wildman–Crippen MR) is 82.5 cm³/mol. The second-order valence-corrected chi connectivity index (χ2v) is 6.15. The molecule has 0 heterocycles. The molecule has 1 aliphatic rings. The Bertz CT molecular complexity index is 615. The average Bonchev–Trinajstić information content (AvgIpc) is 3.29. The molecule has 0 aromatic heterocycles. The fraction of sp³-hybridized carbons (Fsp3) is 0.500. The number of likely N-dealkylation sites (N-methyl/N-ethyl adjacent to an activating group) is 1. The van der Waals surface area contributed by atoms with Gasteiger partial charge < -0.3 is 15.5 Å². The van der Waals surface area contributed by atoms with Gasteiger partial charge in [0.1, 0.15) is 0 Å². The maximum absolute atomic E-state index is 12.7. The highest BCUT2D eigenvalue weighted by Crippen LogP contribution is 2.30. The Labute approximate surface area is 138 Å². The molecule has 3 N–H and O–H groups in total. The lowest BCUT2D eigenvalue weighted by molar-refractivity contribution is -0.885. The average molecular weight is 344 g/mol. The first-order valence-electron chi connectivity index (χ1n) is 7.76. The number of benzene rings is 1. The number of nitrogens with one attached hydrogen (secondary N) is 3. The maximum Gasteiger partial charge on any atom is 0.416 e. The van der Waals surface area contributed by atoms with E-state index in [1.54, 1.807) is 14.0 Å². The van der Waals surface area contributed by atoms with E-state index >= 15 is 0 Å². The van der Waals surface area contributed by atoms with Gasteiger partial charge in [-0.05, 0) is 38.0 Å². The molecule has 5 nitrogen and oxygen atoms in total. The highest BCUT2D eigenvalue weighted by molar-refractivity contribution is 5.93.